The molecule has 1 aromatic carbocycles. The minimum atomic E-state index is -0.705. The Morgan fingerprint density at radius 3 is 2.53 bits per heavy atom. The molecule has 0 unspecified atom stereocenters. The number of hydrogen-bond acceptors (Lipinski definition) is 7. The maximum absolute atomic E-state index is 12.3. The lowest BCUT2D eigenvalue weighted by Gasteiger charge is -2.20. The Bertz CT molecular complexity index is 1170. The number of aryl methyl sites for hydroxylation is 2. The third kappa shape index (κ3) is 4.91. The number of aromatic nitrogens is 4. The van der Waals surface area contributed by atoms with E-state index >= 15 is 0 Å². The van der Waals surface area contributed by atoms with Crippen LogP contribution in [0.4, 0.5) is 0 Å². The molecule has 0 fully saturated rings. The fourth-order valence-electron chi connectivity index (χ4n) is 3.18. The number of nitrogens with zero attached hydrogens (tertiary/aromatic N) is 3. The van der Waals surface area contributed by atoms with Crippen LogP contribution in [0.25, 0.3) is 22.6 Å². The first kappa shape index (κ1) is 21.6. The highest BCUT2D eigenvalue weighted by atomic mass is 16.6. The van der Waals surface area contributed by atoms with Gasteiger partial charge in [-0.1, -0.05) is 0 Å². The van der Waals surface area contributed by atoms with Crippen molar-refractivity contribution in [1.82, 2.24) is 24.8 Å². The second-order valence-electron chi connectivity index (χ2n) is 8.32. The normalized spacial score (nSPS) is 11.9. The number of benzene rings is 1. The number of ether oxygens (including phenoxy) is 1. The lowest BCUT2D eigenvalue weighted by Crippen LogP contribution is -2.31. The molecule has 0 bridgehead atoms. The van der Waals surface area contributed by atoms with E-state index in [1.807, 2.05) is 51.3 Å². The van der Waals surface area contributed by atoms with E-state index in [0.717, 1.165) is 16.6 Å². The van der Waals surface area contributed by atoms with Gasteiger partial charge in [-0.05, 0) is 57.9 Å². The number of hydrogen-bond donors (Lipinski definition) is 2. The number of aromatic amines is 1. The zero-order valence-electron chi connectivity index (χ0n) is 18.0. The van der Waals surface area contributed by atoms with Gasteiger partial charge in [-0.25, -0.2) is 9.78 Å². The van der Waals surface area contributed by atoms with Gasteiger partial charge in [-0.2, -0.15) is 4.98 Å². The average molecular weight is 413 g/mol. The summed E-state index contributed by atoms with van der Waals surface area (Å²) in [5.74, 6) is -0.0220. The quantitative estimate of drug-likeness (QED) is 0.357. The molecule has 0 radical (unpaired) electrons. The van der Waals surface area contributed by atoms with Crippen LogP contribution in [-0.2, 0) is 16.1 Å². The standard InChI is InChI=1S/C21H27N5O4/c1-12-10-14-15(11-13(12)2)26(18-17(23-14)19(28)25-20(29)24-18)9-8-22-7-6-16(27)30-21(3,4)5/h10-11,22H,6-9H2,1-5H3,(H,25,28,29). The molecule has 0 saturated carbocycles. The molecule has 2 aliphatic heterocycles. The van der Waals surface area contributed by atoms with Gasteiger partial charge in [0.2, 0.25) is 0 Å². The van der Waals surface area contributed by atoms with E-state index < -0.39 is 16.9 Å². The van der Waals surface area contributed by atoms with Crippen LogP contribution in [0.2, 0.25) is 0 Å². The van der Waals surface area contributed by atoms with E-state index in [1.54, 1.807) is 0 Å². The molecule has 9 heteroatoms. The summed E-state index contributed by atoms with van der Waals surface area (Å²) in [7, 11) is 0. The molecular weight excluding hydrogens is 386 g/mol. The van der Waals surface area contributed by atoms with Crippen LogP contribution in [0.5, 0.6) is 0 Å². The monoisotopic (exact) mass is 413 g/mol. The Morgan fingerprint density at radius 2 is 1.83 bits per heavy atom. The van der Waals surface area contributed by atoms with E-state index in [0.29, 0.717) is 25.2 Å². The smallest absolute Gasteiger partial charge is 0.349 e. The van der Waals surface area contributed by atoms with Gasteiger partial charge in [-0.3, -0.25) is 14.6 Å². The van der Waals surface area contributed by atoms with Crippen molar-refractivity contribution in [2.24, 2.45) is 0 Å². The van der Waals surface area contributed by atoms with E-state index in [4.69, 9.17) is 4.74 Å². The molecule has 2 N–H and O–H groups in total. The average Bonchev–Trinajstić information content (AvgIpc) is 2.61. The van der Waals surface area contributed by atoms with Crippen LogP contribution in [0, 0.1) is 13.8 Å². The van der Waals surface area contributed by atoms with Gasteiger partial charge in [0.1, 0.15) is 5.60 Å². The van der Waals surface area contributed by atoms with Crippen LogP contribution in [0.3, 0.4) is 0 Å². The van der Waals surface area contributed by atoms with E-state index in [2.05, 4.69) is 20.3 Å². The van der Waals surface area contributed by atoms with Crippen molar-refractivity contribution in [2.75, 3.05) is 13.1 Å². The van der Waals surface area contributed by atoms with Gasteiger partial charge in [0.05, 0.1) is 17.5 Å². The second kappa shape index (κ2) is 8.35. The summed E-state index contributed by atoms with van der Waals surface area (Å²) in [6.07, 6.45) is 0.251. The molecule has 9 nitrogen and oxygen atoms in total. The number of carbonyl (C=O) groups excluding carboxylic acids is 1. The van der Waals surface area contributed by atoms with Gasteiger partial charge in [0, 0.05) is 19.6 Å². The fraction of sp³-hybridized carbons (Fsp3) is 0.476. The summed E-state index contributed by atoms with van der Waals surface area (Å²) in [6.45, 7) is 10.9. The number of carbonyl (C=O) groups is 1. The van der Waals surface area contributed by atoms with Crippen molar-refractivity contribution < 1.29 is 9.53 Å². The number of esters is 1. The number of rotatable bonds is 6. The lowest BCUT2D eigenvalue weighted by molar-refractivity contribution is -0.154. The summed E-state index contributed by atoms with van der Waals surface area (Å²) in [5.41, 5.74) is 1.93. The number of nitrogens with one attached hydrogen (secondary N) is 2. The van der Waals surface area contributed by atoms with Gasteiger partial charge in [0.15, 0.2) is 11.5 Å². The first-order chi connectivity index (χ1) is 14.0. The summed E-state index contributed by atoms with van der Waals surface area (Å²) in [6, 6.07) is 3.90. The van der Waals surface area contributed by atoms with Crippen molar-refractivity contribution in [1.29, 1.82) is 0 Å². The fourth-order valence-corrected chi connectivity index (χ4v) is 3.18. The maximum atomic E-state index is 12.3. The summed E-state index contributed by atoms with van der Waals surface area (Å²) >= 11 is 0. The van der Waals surface area contributed by atoms with Crippen molar-refractivity contribution in [3.05, 3.63) is 44.1 Å². The molecule has 1 aromatic rings. The molecular formula is C21H27N5O4. The second-order valence-corrected chi connectivity index (χ2v) is 8.32. The molecule has 3 rings (SSSR count). The summed E-state index contributed by atoms with van der Waals surface area (Å²) < 4.78 is 7.11. The van der Waals surface area contributed by atoms with Crippen LogP contribution in [-0.4, -0.2) is 44.2 Å². The first-order valence-electron chi connectivity index (χ1n) is 9.89. The van der Waals surface area contributed by atoms with E-state index in [1.165, 1.54) is 0 Å². The van der Waals surface area contributed by atoms with Gasteiger partial charge >= 0.3 is 11.7 Å². The highest BCUT2D eigenvalue weighted by Crippen LogP contribution is 2.23. The minimum absolute atomic E-state index is 0.124. The summed E-state index contributed by atoms with van der Waals surface area (Å²) in [5, 5.41) is 3.20. The van der Waals surface area contributed by atoms with Crippen molar-refractivity contribution in [2.45, 2.75) is 53.2 Å². The zero-order valence-corrected chi connectivity index (χ0v) is 18.0. The molecule has 0 aromatic heterocycles. The van der Waals surface area contributed by atoms with Crippen LogP contribution < -0.4 is 16.6 Å². The molecule has 0 saturated heterocycles. The molecule has 0 atom stereocenters. The largest absolute Gasteiger partial charge is 0.460 e. The molecule has 0 spiro atoms. The first-order valence-corrected chi connectivity index (χ1v) is 9.89. The lowest BCUT2D eigenvalue weighted by atomic mass is 10.1. The van der Waals surface area contributed by atoms with Gasteiger partial charge in [-0.15, -0.1) is 0 Å². The van der Waals surface area contributed by atoms with Gasteiger partial charge in [0.25, 0.3) is 5.56 Å². The SMILES string of the molecule is Cc1cc2nc3c(=O)[nH]c(=O)nc-3n(CCNCCC(=O)OC(C)(C)C)c2cc1C. The third-order valence-corrected chi connectivity index (χ3v) is 4.66. The Morgan fingerprint density at radius 1 is 1.13 bits per heavy atom. The van der Waals surface area contributed by atoms with Crippen LogP contribution >= 0.6 is 0 Å². The molecule has 2 heterocycles. The molecule has 2 aliphatic rings. The number of fused-ring (bicyclic) bond motifs is 2. The van der Waals surface area contributed by atoms with Crippen molar-refractivity contribution in [3.63, 3.8) is 0 Å². The molecule has 30 heavy (non-hydrogen) atoms. The Balaban J connectivity index is 1.84. The molecule has 0 aliphatic carbocycles. The Labute approximate surface area is 173 Å². The van der Waals surface area contributed by atoms with E-state index in [-0.39, 0.29) is 23.9 Å². The van der Waals surface area contributed by atoms with Crippen molar-refractivity contribution in [3.8, 4) is 11.5 Å². The Kier molecular flexibility index (Phi) is 6.02. The topological polar surface area (TPSA) is 119 Å². The van der Waals surface area contributed by atoms with Crippen LogP contribution in [0.1, 0.15) is 38.3 Å². The summed E-state index contributed by atoms with van der Waals surface area (Å²) in [4.78, 5) is 46.5. The maximum Gasteiger partial charge on any atom is 0.349 e. The van der Waals surface area contributed by atoms with Crippen LogP contribution in [0.15, 0.2) is 21.7 Å². The zero-order chi connectivity index (χ0) is 22.1. The highest BCUT2D eigenvalue weighted by molar-refractivity contribution is 5.81. The number of H-pyrrole nitrogens is 1. The molecule has 160 valence electrons. The Hall–Kier alpha value is -3.07. The third-order valence-electron chi connectivity index (χ3n) is 4.66. The highest BCUT2D eigenvalue weighted by Gasteiger charge is 2.19. The minimum Gasteiger partial charge on any atom is -0.460 e. The predicted octanol–water partition coefficient (Wildman–Crippen LogP) is 1.52. The van der Waals surface area contributed by atoms with E-state index in [9.17, 15) is 14.4 Å². The van der Waals surface area contributed by atoms with Gasteiger partial charge < -0.3 is 14.6 Å². The molecule has 0 amide bonds. The predicted molar refractivity (Wildman–Crippen MR) is 114 cm³/mol. The van der Waals surface area contributed by atoms with Crippen molar-refractivity contribution >= 4 is 17.0 Å².